The molecule has 0 amide bonds. The third-order valence-corrected chi connectivity index (χ3v) is 4.53. The minimum absolute atomic E-state index is 0.403. The molecule has 0 heterocycles. The van der Waals surface area contributed by atoms with Gasteiger partial charge in [-0.05, 0) is 55.3 Å². The zero-order valence-corrected chi connectivity index (χ0v) is 16.4. The maximum absolute atomic E-state index is 6.21. The lowest BCUT2D eigenvalue weighted by atomic mass is 10.1. The molecule has 3 aromatic rings. The number of ether oxygens (including phenoxy) is 2. The minimum Gasteiger partial charge on any atom is -0.490 e. The highest BCUT2D eigenvalue weighted by atomic mass is 35.5. The zero-order chi connectivity index (χ0) is 19.1. The molecule has 0 saturated carbocycles. The number of benzene rings is 3. The SMILES string of the molecule is CCOc1cc(CNc2cccc(C)c2)ccc1OCc1ccccc1Cl. The molecule has 0 fully saturated rings. The van der Waals surface area contributed by atoms with Crippen molar-refractivity contribution >= 4 is 17.3 Å². The van der Waals surface area contributed by atoms with Crippen LogP contribution in [0.5, 0.6) is 11.5 Å². The van der Waals surface area contributed by atoms with E-state index >= 15 is 0 Å². The summed E-state index contributed by atoms with van der Waals surface area (Å²) in [6, 6.07) is 22.0. The number of hydrogen-bond donors (Lipinski definition) is 1. The Balaban J connectivity index is 1.69. The highest BCUT2D eigenvalue weighted by molar-refractivity contribution is 6.31. The Morgan fingerprint density at radius 3 is 2.52 bits per heavy atom. The maximum Gasteiger partial charge on any atom is 0.161 e. The van der Waals surface area contributed by atoms with E-state index < -0.39 is 0 Å². The quantitative estimate of drug-likeness (QED) is 0.501. The van der Waals surface area contributed by atoms with Crippen molar-refractivity contribution in [2.75, 3.05) is 11.9 Å². The highest BCUT2D eigenvalue weighted by Crippen LogP contribution is 2.30. The fourth-order valence-corrected chi connectivity index (χ4v) is 2.97. The summed E-state index contributed by atoms with van der Waals surface area (Å²) in [5.74, 6) is 1.46. The van der Waals surface area contributed by atoms with Crippen LogP contribution in [0.1, 0.15) is 23.6 Å². The van der Waals surface area contributed by atoms with Crippen LogP contribution in [0.25, 0.3) is 0 Å². The van der Waals surface area contributed by atoms with Gasteiger partial charge in [-0.3, -0.25) is 0 Å². The Kier molecular flexibility index (Phi) is 6.61. The predicted octanol–water partition coefficient (Wildman–Crippen LogP) is 6.24. The van der Waals surface area contributed by atoms with Gasteiger partial charge >= 0.3 is 0 Å². The van der Waals surface area contributed by atoms with Crippen LogP contribution in [0, 0.1) is 6.92 Å². The summed E-state index contributed by atoms with van der Waals surface area (Å²) in [5.41, 5.74) is 4.42. The molecule has 0 saturated heterocycles. The van der Waals surface area contributed by atoms with Crippen LogP contribution in [0.4, 0.5) is 5.69 Å². The van der Waals surface area contributed by atoms with E-state index in [0.29, 0.717) is 24.8 Å². The Morgan fingerprint density at radius 2 is 1.74 bits per heavy atom. The second-order valence-corrected chi connectivity index (χ2v) is 6.72. The average molecular weight is 382 g/mol. The summed E-state index contributed by atoms with van der Waals surface area (Å²) in [5, 5.41) is 4.15. The highest BCUT2D eigenvalue weighted by Gasteiger charge is 2.08. The maximum atomic E-state index is 6.21. The lowest BCUT2D eigenvalue weighted by Gasteiger charge is -2.15. The molecule has 0 unspecified atom stereocenters. The van der Waals surface area contributed by atoms with Gasteiger partial charge in [-0.25, -0.2) is 0 Å². The van der Waals surface area contributed by atoms with E-state index in [0.717, 1.165) is 28.3 Å². The Morgan fingerprint density at radius 1 is 0.889 bits per heavy atom. The van der Waals surface area contributed by atoms with Crippen LogP contribution >= 0.6 is 11.6 Å². The van der Waals surface area contributed by atoms with Crippen molar-refractivity contribution in [3.63, 3.8) is 0 Å². The second kappa shape index (κ2) is 9.33. The van der Waals surface area contributed by atoms with Gasteiger partial charge in [0.1, 0.15) is 6.61 Å². The minimum atomic E-state index is 0.403. The molecule has 0 atom stereocenters. The van der Waals surface area contributed by atoms with E-state index in [2.05, 4.69) is 36.5 Å². The summed E-state index contributed by atoms with van der Waals surface area (Å²) >= 11 is 6.21. The van der Waals surface area contributed by atoms with Crippen LogP contribution in [0.2, 0.25) is 5.02 Å². The van der Waals surface area contributed by atoms with Gasteiger partial charge in [-0.1, -0.05) is 48.0 Å². The molecule has 4 heteroatoms. The number of anilines is 1. The molecular formula is C23H24ClNO2. The van der Waals surface area contributed by atoms with E-state index in [1.165, 1.54) is 5.56 Å². The molecule has 3 nitrogen and oxygen atoms in total. The van der Waals surface area contributed by atoms with Gasteiger partial charge < -0.3 is 14.8 Å². The van der Waals surface area contributed by atoms with E-state index in [1.54, 1.807) is 0 Å². The standard InChI is InChI=1S/C23H24ClNO2/c1-3-26-23-14-18(15-25-20-9-6-7-17(2)13-20)11-12-22(23)27-16-19-8-4-5-10-21(19)24/h4-14,25H,3,15-16H2,1-2H3. The first-order valence-electron chi connectivity index (χ1n) is 9.08. The third-order valence-electron chi connectivity index (χ3n) is 4.16. The Labute approximate surface area is 165 Å². The molecule has 27 heavy (non-hydrogen) atoms. The number of nitrogens with one attached hydrogen (secondary N) is 1. The molecule has 0 spiro atoms. The largest absolute Gasteiger partial charge is 0.490 e. The summed E-state index contributed by atoms with van der Waals surface area (Å²) in [6.07, 6.45) is 0. The fraction of sp³-hybridized carbons (Fsp3) is 0.217. The first-order valence-corrected chi connectivity index (χ1v) is 9.46. The number of aryl methyl sites for hydroxylation is 1. The first kappa shape index (κ1) is 19.1. The van der Waals surface area contributed by atoms with Crippen LogP contribution in [-0.4, -0.2) is 6.61 Å². The topological polar surface area (TPSA) is 30.5 Å². The molecule has 0 aliphatic rings. The second-order valence-electron chi connectivity index (χ2n) is 6.32. The monoisotopic (exact) mass is 381 g/mol. The van der Waals surface area contributed by atoms with Crippen molar-refractivity contribution in [1.29, 1.82) is 0 Å². The lowest BCUT2D eigenvalue weighted by Crippen LogP contribution is -2.03. The molecule has 140 valence electrons. The molecule has 0 bridgehead atoms. The van der Waals surface area contributed by atoms with Crippen molar-refractivity contribution < 1.29 is 9.47 Å². The van der Waals surface area contributed by atoms with Crippen LogP contribution in [0.15, 0.2) is 66.7 Å². The zero-order valence-electron chi connectivity index (χ0n) is 15.7. The van der Waals surface area contributed by atoms with E-state index in [9.17, 15) is 0 Å². The van der Waals surface area contributed by atoms with Gasteiger partial charge in [-0.15, -0.1) is 0 Å². The fourth-order valence-electron chi connectivity index (χ4n) is 2.78. The Hall–Kier alpha value is -2.65. The van der Waals surface area contributed by atoms with E-state index in [1.807, 2.05) is 49.4 Å². The van der Waals surface area contributed by atoms with Crippen molar-refractivity contribution in [1.82, 2.24) is 0 Å². The normalized spacial score (nSPS) is 10.5. The predicted molar refractivity (Wildman–Crippen MR) is 112 cm³/mol. The molecule has 0 aliphatic heterocycles. The van der Waals surface area contributed by atoms with E-state index in [-0.39, 0.29) is 0 Å². The molecule has 1 N–H and O–H groups in total. The van der Waals surface area contributed by atoms with Crippen molar-refractivity contribution in [3.05, 3.63) is 88.4 Å². The lowest BCUT2D eigenvalue weighted by molar-refractivity contribution is 0.269. The summed E-state index contributed by atoms with van der Waals surface area (Å²) in [6.45, 7) is 5.76. The molecule has 3 aromatic carbocycles. The average Bonchev–Trinajstić information content (AvgIpc) is 2.67. The summed E-state index contributed by atoms with van der Waals surface area (Å²) < 4.78 is 11.7. The third kappa shape index (κ3) is 5.41. The molecular weight excluding hydrogens is 358 g/mol. The van der Waals surface area contributed by atoms with Crippen molar-refractivity contribution in [3.8, 4) is 11.5 Å². The summed E-state index contributed by atoms with van der Waals surface area (Å²) in [4.78, 5) is 0. The van der Waals surface area contributed by atoms with Crippen molar-refractivity contribution in [2.24, 2.45) is 0 Å². The number of hydrogen-bond acceptors (Lipinski definition) is 3. The van der Waals surface area contributed by atoms with E-state index in [4.69, 9.17) is 21.1 Å². The molecule has 3 rings (SSSR count). The van der Waals surface area contributed by atoms with Crippen LogP contribution in [0.3, 0.4) is 0 Å². The molecule has 0 aromatic heterocycles. The van der Waals surface area contributed by atoms with Gasteiger partial charge in [-0.2, -0.15) is 0 Å². The van der Waals surface area contributed by atoms with Gasteiger partial charge in [0.15, 0.2) is 11.5 Å². The van der Waals surface area contributed by atoms with Crippen LogP contribution in [-0.2, 0) is 13.2 Å². The first-order chi connectivity index (χ1) is 13.2. The molecule has 0 aliphatic carbocycles. The van der Waals surface area contributed by atoms with Crippen molar-refractivity contribution in [2.45, 2.75) is 27.0 Å². The van der Waals surface area contributed by atoms with Gasteiger partial charge in [0.05, 0.1) is 6.61 Å². The van der Waals surface area contributed by atoms with Gasteiger partial charge in [0.25, 0.3) is 0 Å². The van der Waals surface area contributed by atoms with Crippen LogP contribution < -0.4 is 14.8 Å². The Bertz CT molecular complexity index is 895. The smallest absolute Gasteiger partial charge is 0.161 e. The molecule has 0 radical (unpaired) electrons. The van der Waals surface area contributed by atoms with Gasteiger partial charge in [0.2, 0.25) is 0 Å². The number of rotatable bonds is 8. The number of halogens is 1. The van der Waals surface area contributed by atoms with Gasteiger partial charge in [0, 0.05) is 22.8 Å². The summed E-state index contributed by atoms with van der Waals surface area (Å²) in [7, 11) is 0.